The van der Waals surface area contributed by atoms with Crippen LogP contribution in [-0.2, 0) is 14.3 Å². The van der Waals surface area contributed by atoms with Gasteiger partial charge in [0.05, 0.1) is 23.0 Å². The van der Waals surface area contributed by atoms with Crippen molar-refractivity contribution in [1.82, 2.24) is 10.4 Å². The SMILES string of the molecule is O=C(NN1C(=O)/C(=C\C=C\C2CCCO2)SC1=S)C1CCCCC1O. The van der Waals surface area contributed by atoms with Gasteiger partial charge in [0.15, 0.2) is 4.32 Å². The first-order valence-electron chi connectivity index (χ1n) is 8.61. The minimum absolute atomic E-state index is 0.105. The van der Waals surface area contributed by atoms with E-state index in [2.05, 4.69) is 5.43 Å². The molecule has 2 N–H and O–H groups in total. The van der Waals surface area contributed by atoms with Crippen LogP contribution < -0.4 is 5.43 Å². The molecule has 0 aromatic rings. The molecule has 2 heterocycles. The summed E-state index contributed by atoms with van der Waals surface area (Å²) in [7, 11) is 0. The molecule has 1 aliphatic carbocycles. The maximum absolute atomic E-state index is 12.4. The predicted octanol–water partition coefficient (Wildman–Crippen LogP) is 2.05. The number of thiocarbonyl (C=S) groups is 1. The van der Waals surface area contributed by atoms with Crippen molar-refractivity contribution in [3.63, 3.8) is 0 Å². The lowest BCUT2D eigenvalue weighted by Crippen LogP contribution is -2.49. The average Bonchev–Trinajstić information content (AvgIpc) is 3.19. The zero-order chi connectivity index (χ0) is 17.8. The number of thioether (sulfide) groups is 1. The third kappa shape index (κ3) is 4.49. The summed E-state index contributed by atoms with van der Waals surface area (Å²) in [5.74, 6) is -1.17. The highest BCUT2D eigenvalue weighted by atomic mass is 32.2. The van der Waals surface area contributed by atoms with Gasteiger partial charge in [-0.15, -0.1) is 0 Å². The van der Waals surface area contributed by atoms with Crippen LogP contribution in [0.25, 0.3) is 0 Å². The van der Waals surface area contributed by atoms with Crippen molar-refractivity contribution in [3.05, 3.63) is 23.1 Å². The van der Waals surface area contributed by atoms with Gasteiger partial charge < -0.3 is 9.84 Å². The van der Waals surface area contributed by atoms with E-state index in [-0.39, 0.29) is 17.9 Å². The van der Waals surface area contributed by atoms with Crippen molar-refractivity contribution < 1.29 is 19.4 Å². The second-order valence-corrected chi connectivity index (χ2v) is 8.09. The van der Waals surface area contributed by atoms with Crippen molar-refractivity contribution in [2.45, 2.75) is 50.7 Å². The number of aliphatic hydroxyl groups excluding tert-OH is 1. The Bertz CT molecular complexity index is 614. The van der Waals surface area contributed by atoms with E-state index < -0.39 is 12.0 Å². The van der Waals surface area contributed by atoms with Crippen LogP contribution in [0.1, 0.15) is 38.5 Å². The van der Waals surface area contributed by atoms with E-state index in [1.54, 1.807) is 12.2 Å². The Kier molecular flexibility index (Phi) is 6.27. The number of nitrogens with one attached hydrogen (secondary N) is 1. The van der Waals surface area contributed by atoms with Crippen molar-refractivity contribution in [2.75, 3.05) is 6.61 Å². The first-order chi connectivity index (χ1) is 12.1. The first kappa shape index (κ1) is 18.6. The molecule has 0 aromatic heterocycles. The number of carbonyl (C=O) groups is 2. The van der Waals surface area contributed by atoms with Gasteiger partial charge in [-0.25, -0.2) is 0 Å². The van der Waals surface area contributed by atoms with Crippen LogP contribution in [0, 0.1) is 5.92 Å². The van der Waals surface area contributed by atoms with Crippen LogP contribution in [0.15, 0.2) is 23.1 Å². The molecular weight excluding hydrogens is 360 g/mol. The standard InChI is InChI=1S/C17H22N2O4S2/c20-13-8-2-1-7-12(13)15(21)18-19-16(22)14(25-17(19)24)9-3-5-11-6-4-10-23-11/h3,5,9,11-13,20H,1-2,4,6-8,10H2,(H,18,21)/b5-3+,14-9+. The van der Waals surface area contributed by atoms with Gasteiger partial charge in [-0.2, -0.15) is 5.01 Å². The molecule has 3 atom stereocenters. The van der Waals surface area contributed by atoms with E-state index in [9.17, 15) is 14.7 Å². The number of hydrogen-bond donors (Lipinski definition) is 2. The molecule has 3 rings (SSSR count). The molecule has 136 valence electrons. The molecule has 3 fully saturated rings. The molecule has 2 amide bonds. The molecule has 3 unspecified atom stereocenters. The van der Waals surface area contributed by atoms with Gasteiger partial charge in [0.2, 0.25) is 5.91 Å². The van der Waals surface area contributed by atoms with Gasteiger partial charge >= 0.3 is 0 Å². The Balaban J connectivity index is 1.59. The van der Waals surface area contributed by atoms with Crippen LogP contribution >= 0.6 is 24.0 Å². The molecule has 1 saturated carbocycles. The van der Waals surface area contributed by atoms with E-state index in [1.807, 2.05) is 6.08 Å². The lowest BCUT2D eigenvalue weighted by Gasteiger charge is -2.28. The summed E-state index contributed by atoms with van der Waals surface area (Å²) in [6.07, 6.45) is 9.99. The predicted molar refractivity (Wildman–Crippen MR) is 99.3 cm³/mol. The summed E-state index contributed by atoms with van der Waals surface area (Å²) in [5.41, 5.74) is 2.57. The second kappa shape index (κ2) is 8.44. The van der Waals surface area contributed by atoms with Gasteiger partial charge in [0, 0.05) is 6.61 Å². The molecular formula is C17H22N2O4S2. The Morgan fingerprint density at radius 3 is 2.84 bits per heavy atom. The van der Waals surface area contributed by atoms with Crippen LogP contribution in [0.2, 0.25) is 0 Å². The first-order valence-corrected chi connectivity index (χ1v) is 9.83. The van der Waals surface area contributed by atoms with Crippen molar-refractivity contribution in [1.29, 1.82) is 0 Å². The maximum Gasteiger partial charge on any atom is 0.285 e. The molecule has 0 bridgehead atoms. The lowest BCUT2D eigenvalue weighted by molar-refractivity contribution is -0.139. The number of hydrogen-bond acceptors (Lipinski definition) is 6. The Labute approximate surface area is 156 Å². The molecule has 8 heteroatoms. The molecule has 2 saturated heterocycles. The summed E-state index contributed by atoms with van der Waals surface area (Å²) in [5, 5.41) is 11.1. The number of ether oxygens (including phenoxy) is 1. The van der Waals surface area contributed by atoms with Crippen LogP contribution in [0.5, 0.6) is 0 Å². The number of nitrogens with zero attached hydrogens (tertiary/aromatic N) is 1. The molecule has 0 radical (unpaired) electrons. The monoisotopic (exact) mass is 382 g/mol. The van der Waals surface area contributed by atoms with Gasteiger partial charge in [-0.05, 0) is 44.0 Å². The van der Waals surface area contributed by atoms with E-state index in [4.69, 9.17) is 17.0 Å². The fourth-order valence-electron chi connectivity index (χ4n) is 3.21. The molecule has 0 aromatic carbocycles. The summed E-state index contributed by atoms with van der Waals surface area (Å²) >= 11 is 6.36. The van der Waals surface area contributed by atoms with Crippen LogP contribution in [0.4, 0.5) is 0 Å². The number of carbonyl (C=O) groups excluding carboxylic acids is 2. The molecule has 25 heavy (non-hydrogen) atoms. The van der Waals surface area contributed by atoms with Gasteiger partial charge in [0.1, 0.15) is 0 Å². The highest BCUT2D eigenvalue weighted by Gasteiger charge is 2.36. The highest BCUT2D eigenvalue weighted by Crippen LogP contribution is 2.31. The van der Waals surface area contributed by atoms with Crippen molar-refractivity contribution >= 4 is 40.1 Å². The summed E-state index contributed by atoms with van der Waals surface area (Å²) < 4.78 is 5.78. The van der Waals surface area contributed by atoms with Gasteiger partial charge in [-0.1, -0.05) is 36.8 Å². The minimum atomic E-state index is -0.656. The third-order valence-corrected chi connectivity index (χ3v) is 5.94. The number of hydrazine groups is 1. The molecule has 3 aliphatic rings. The van der Waals surface area contributed by atoms with E-state index in [1.165, 1.54) is 0 Å². The molecule has 6 nitrogen and oxygen atoms in total. The smallest absolute Gasteiger partial charge is 0.285 e. The minimum Gasteiger partial charge on any atom is -0.392 e. The Morgan fingerprint density at radius 1 is 1.32 bits per heavy atom. The fraction of sp³-hybridized carbons (Fsp3) is 0.588. The molecule has 2 aliphatic heterocycles. The summed E-state index contributed by atoms with van der Waals surface area (Å²) in [6, 6.07) is 0. The van der Waals surface area contributed by atoms with Gasteiger partial charge in [-0.3, -0.25) is 15.0 Å². The van der Waals surface area contributed by atoms with Gasteiger partial charge in [0.25, 0.3) is 5.91 Å². The Morgan fingerprint density at radius 2 is 2.12 bits per heavy atom. The van der Waals surface area contributed by atoms with E-state index in [0.29, 0.717) is 22.1 Å². The molecule has 0 spiro atoms. The zero-order valence-corrected chi connectivity index (χ0v) is 15.5. The second-order valence-electron chi connectivity index (χ2n) is 6.41. The zero-order valence-electron chi connectivity index (χ0n) is 13.8. The normalized spacial score (nSPS) is 32.1. The number of amides is 2. The number of allylic oxidation sites excluding steroid dienone is 2. The largest absolute Gasteiger partial charge is 0.392 e. The average molecular weight is 383 g/mol. The number of aliphatic hydroxyl groups is 1. The summed E-state index contributed by atoms with van der Waals surface area (Å²) in [6.45, 7) is 0.774. The topological polar surface area (TPSA) is 78.9 Å². The Hall–Kier alpha value is -1.22. The van der Waals surface area contributed by atoms with Crippen LogP contribution in [0.3, 0.4) is 0 Å². The quantitative estimate of drug-likeness (QED) is 0.572. The fourth-order valence-corrected chi connectivity index (χ4v) is 4.34. The van der Waals surface area contributed by atoms with Crippen molar-refractivity contribution in [3.8, 4) is 0 Å². The van der Waals surface area contributed by atoms with E-state index in [0.717, 1.165) is 49.1 Å². The van der Waals surface area contributed by atoms with Crippen LogP contribution in [-0.4, -0.2) is 45.1 Å². The number of rotatable bonds is 4. The van der Waals surface area contributed by atoms with E-state index >= 15 is 0 Å². The third-order valence-electron chi connectivity index (χ3n) is 4.62. The maximum atomic E-state index is 12.4. The lowest BCUT2D eigenvalue weighted by atomic mass is 9.86. The highest BCUT2D eigenvalue weighted by molar-refractivity contribution is 8.26. The summed E-state index contributed by atoms with van der Waals surface area (Å²) in [4.78, 5) is 25.3. The van der Waals surface area contributed by atoms with Crippen molar-refractivity contribution in [2.24, 2.45) is 5.92 Å².